The summed E-state index contributed by atoms with van der Waals surface area (Å²) in [5.74, 6) is -0.207. The first-order valence-electron chi connectivity index (χ1n) is 14.7. The molecule has 43 heavy (non-hydrogen) atoms. The Bertz CT molecular complexity index is 1440. The minimum atomic E-state index is -1.29. The van der Waals surface area contributed by atoms with Crippen molar-refractivity contribution in [3.8, 4) is 16.9 Å². The summed E-state index contributed by atoms with van der Waals surface area (Å²) in [7, 11) is 1.61. The first-order valence-corrected chi connectivity index (χ1v) is 14.7. The number of hydrogen-bond acceptors (Lipinski definition) is 8. The van der Waals surface area contributed by atoms with Crippen molar-refractivity contribution in [3.05, 3.63) is 77.5 Å². The van der Waals surface area contributed by atoms with Gasteiger partial charge in [0.25, 0.3) is 0 Å². The van der Waals surface area contributed by atoms with Crippen molar-refractivity contribution in [1.82, 2.24) is 9.88 Å². The number of nitrogens with zero attached hydrogens (tertiary/aromatic N) is 3. The van der Waals surface area contributed by atoms with Crippen molar-refractivity contribution < 1.29 is 32.9 Å². The molecule has 5 atom stereocenters. The van der Waals surface area contributed by atoms with Crippen molar-refractivity contribution in [2.75, 3.05) is 31.7 Å². The van der Waals surface area contributed by atoms with Crippen LogP contribution in [0.4, 0.5) is 14.6 Å². The summed E-state index contributed by atoms with van der Waals surface area (Å²) in [5.41, 5.74) is 3.66. The minimum absolute atomic E-state index is 0.0746. The summed E-state index contributed by atoms with van der Waals surface area (Å²) in [4.78, 5) is 21.3. The van der Waals surface area contributed by atoms with Crippen LogP contribution in [0.25, 0.3) is 11.1 Å². The second-order valence-corrected chi connectivity index (χ2v) is 11.3. The van der Waals surface area contributed by atoms with Gasteiger partial charge in [0, 0.05) is 42.9 Å². The number of carbonyl (C=O) groups excluding carboxylic acids is 1. The lowest BCUT2D eigenvalue weighted by Gasteiger charge is -2.33. The van der Waals surface area contributed by atoms with Gasteiger partial charge in [-0.2, -0.15) is 0 Å². The lowest BCUT2D eigenvalue weighted by molar-refractivity contribution is -0.148. The van der Waals surface area contributed by atoms with Gasteiger partial charge in [0.2, 0.25) is 6.41 Å². The molecule has 0 bridgehead atoms. The van der Waals surface area contributed by atoms with E-state index < -0.39 is 30.2 Å². The molecule has 2 aromatic rings. The van der Waals surface area contributed by atoms with Crippen LogP contribution in [-0.4, -0.2) is 66.3 Å². The number of hydrogen-bond donors (Lipinski definition) is 1. The highest BCUT2D eigenvalue weighted by Crippen LogP contribution is 2.50. The highest BCUT2D eigenvalue weighted by atomic mass is 19.1. The van der Waals surface area contributed by atoms with Crippen LogP contribution in [0.1, 0.15) is 50.8 Å². The van der Waals surface area contributed by atoms with Gasteiger partial charge in [0.15, 0.2) is 0 Å². The third kappa shape index (κ3) is 6.66. The number of anilines is 1. The maximum Gasteiger partial charge on any atom is 0.309 e. The van der Waals surface area contributed by atoms with E-state index in [1.807, 2.05) is 37.3 Å². The molecule has 3 aliphatic rings. The van der Waals surface area contributed by atoms with Crippen LogP contribution < -0.4 is 9.64 Å². The molecule has 2 saturated heterocycles. The zero-order valence-electron chi connectivity index (χ0n) is 25.1. The number of carbonyl (C=O) groups is 1. The molecule has 1 saturated carbocycles. The number of allylic oxidation sites excluding steroid dienone is 3. The number of aliphatic hydroxyl groups excluding tert-OH is 1. The monoisotopic (exact) mass is 595 g/mol. The highest BCUT2D eigenvalue weighted by Gasteiger charge is 2.45. The molecular formula is C33H39F2N3O5. The average Bonchev–Trinajstić information content (AvgIpc) is 3.69. The zero-order chi connectivity index (χ0) is 30.8. The van der Waals surface area contributed by atoms with E-state index in [2.05, 4.69) is 11.5 Å². The van der Waals surface area contributed by atoms with Crippen molar-refractivity contribution in [2.24, 2.45) is 5.92 Å². The molecule has 5 rings (SSSR count). The number of methoxy groups -OCH3 is 1. The normalized spacial score (nSPS) is 25.8. The van der Waals surface area contributed by atoms with Gasteiger partial charge in [-0.25, -0.2) is 18.7 Å². The fourth-order valence-corrected chi connectivity index (χ4v) is 5.80. The predicted octanol–water partition coefficient (Wildman–Crippen LogP) is 5.78. The quantitative estimate of drug-likeness (QED) is 0.259. The number of aromatic nitrogens is 1. The zero-order valence-corrected chi connectivity index (χ0v) is 25.1. The molecule has 3 heterocycles. The van der Waals surface area contributed by atoms with Crippen LogP contribution in [0.2, 0.25) is 0 Å². The van der Waals surface area contributed by atoms with E-state index in [0.717, 1.165) is 67.5 Å². The van der Waals surface area contributed by atoms with Gasteiger partial charge in [-0.3, -0.25) is 4.79 Å². The Labute approximate surface area is 251 Å². The molecule has 0 radical (unpaired) electrons. The predicted molar refractivity (Wildman–Crippen MR) is 160 cm³/mol. The van der Waals surface area contributed by atoms with E-state index in [1.54, 1.807) is 18.9 Å². The Morgan fingerprint density at radius 3 is 2.63 bits per heavy atom. The average molecular weight is 596 g/mol. The van der Waals surface area contributed by atoms with E-state index in [9.17, 15) is 18.7 Å². The maximum absolute atomic E-state index is 14.2. The first-order chi connectivity index (χ1) is 20.6. The van der Waals surface area contributed by atoms with Crippen molar-refractivity contribution >= 4 is 11.8 Å². The van der Waals surface area contributed by atoms with Gasteiger partial charge in [-0.1, -0.05) is 12.6 Å². The molecule has 2 aliphatic heterocycles. The molecule has 1 unspecified atom stereocenters. The fraction of sp³-hybridized carbons (Fsp3) is 0.455. The molecule has 1 aromatic heterocycles. The number of aliphatic hydroxyl groups is 1. The Morgan fingerprint density at radius 1 is 1.21 bits per heavy atom. The van der Waals surface area contributed by atoms with Gasteiger partial charge < -0.3 is 24.2 Å². The fourth-order valence-electron chi connectivity index (χ4n) is 5.80. The molecule has 8 nitrogen and oxygen atoms in total. The maximum atomic E-state index is 14.2. The summed E-state index contributed by atoms with van der Waals surface area (Å²) < 4.78 is 44.1. The third-order valence-corrected chi connectivity index (χ3v) is 8.33. The number of pyridine rings is 1. The van der Waals surface area contributed by atoms with Gasteiger partial charge in [-0.15, -0.1) is 0 Å². The third-order valence-electron chi connectivity index (χ3n) is 8.33. The van der Waals surface area contributed by atoms with Gasteiger partial charge in [-0.05, 0) is 81.0 Å². The number of halogens is 2. The van der Waals surface area contributed by atoms with Crippen LogP contribution in [-0.2, 0) is 20.8 Å². The van der Waals surface area contributed by atoms with Crippen molar-refractivity contribution in [2.45, 2.75) is 64.6 Å². The van der Waals surface area contributed by atoms with E-state index in [0.29, 0.717) is 18.1 Å². The minimum Gasteiger partial charge on any atom is -0.496 e. The Kier molecular flexibility index (Phi) is 9.29. The number of ether oxygens (including phenoxy) is 3. The van der Waals surface area contributed by atoms with E-state index >= 15 is 0 Å². The van der Waals surface area contributed by atoms with E-state index in [1.165, 1.54) is 0 Å². The SMILES string of the molecule is C=C(/C=C(F)\C=C(/C)F)[C@H]1OC(O)N(Cc2nc(N3CCC3)ccc2-c2cc([C@@H]3C[C@H]3C(=O)OCC)ccc2OC)[C@H]1C. The molecule has 3 fully saturated rings. The molecule has 1 N–H and O–H groups in total. The summed E-state index contributed by atoms with van der Waals surface area (Å²) in [6.07, 6.45) is 1.71. The number of rotatable bonds is 11. The summed E-state index contributed by atoms with van der Waals surface area (Å²) in [6, 6.07) is 9.54. The van der Waals surface area contributed by atoms with Crippen LogP contribution in [0.3, 0.4) is 0 Å². The largest absolute Gasteiger partial charge is 0.496 e. The summed E-state index contributed by atoms with van der Waals surface area (Å²) >= 11 is 0. The van der Waals surface area contributed by atoms with Crippen LogP contribution in [0, 0.1) is 5.92 Å². The van der Waals surface area contributed by atoms with Crippen LogP contribution >= 0.6 is 0 Å². The molecular weight excluding hydrogens is 556 g/mol. The molecule has 0 spiro atoms. The number of esters is 1. The molecule has 1 aliphatic carbocycles. The second-order valence-electron chi connectivity index (χ2n) is 11.3. The van der Waals surface area contributed by atoms with E-state index in [4.69, 9.17) is 19.2 Å². The Morgan fingerprint density at radius 2 is 1.98 bits per heavy atom. The molecule has 230 valence electrons. The van der Waals surface area contributed by atoms with Gasteiger partial charge in [0.05, 0.1) is 31.2 Å². The Hall–Kier alpha value is -3.60. The smallest absolute Gasteiger partial charge is 0.309 e. The molecule has 10 heteroatoms. The standard InChI is InChI=1S/C33H39F2N3O5/c1-6-42-32(39)27-17-25(27)22-8-10-29(41-5)26(16-22)24-9-11-30(37-12-7-13-37)36-28(24)18-38-21(4)31(43-33(38)40)19(2)14-23(35)15-20(3)34/h8-11,14-16,21,25,27,31,33,40H,2,6-7,12-13,17-18H2,1,3-5H3/b20-15+,23-14+/t21-,25-,27+,31+,33?/m0/s1. The topological polar surface area (TPSA) is 84.4 Å². The first kappa shape index (κ1) is 30.8. The highest BCUT2D eigenvalue weighted by molar-refractivity contribution is 5.79. The molecule has 1 aromatic carbocycles. The van der Waals surface area contributed by atoms with E-state index in [-0.39, 0.29) is 29.9 Å². The number of benzene rings is 1. The lowest BCUT2D eigenvalue weighted by atomic mass is 9.97. The van der Waals surface area contributed by atoms with Gasteiger partial charge in [0.1, 0.15) is 23.5 Å². The van der Waals surface area contributed by atoms with Crippen molar-refractivity contribution in [1.29, 1.82) is 0 Å². The van der Waals surface area contributed by atoms with Gasteiger partial charge >= 0.3 is 5.97 Å². The Balaban J connectivity index is 1.46. The lowest BCUT2D eigenvalue weighted by Crippen LogP contribution is -2.39. The summed E-state index contributed by atoms with van der Waals surface area (Å²) in [5, 5.41) is 10.9. The molecule has 0 amide bonds. The second kappa shape index (κ2) is 13.0. The van der Waals surface area contributed by atoms with Crippen molar-refractivity contribution in [3.63, 3.8) is 0 Å². The van der Waals surface area contributed by atoms with Crippen LogP contribution in [0.5, 0.6) is 5.75 Å². The van der Waals surface area contributed by atoms with Crippen LogP contribution in [0.15, 0.2) is 66.3 Å². The summed E-state index contributed by atoms with van der Waals surface area (Å²) in [6.45, 7) is 11.1.